The van der Waals surface area contributed by atoms with E-state index in [2.05, 4.69) is 0 Å². The Hall–Kier alpha value is -3.36. The molecule has 2 fully saturated rings. The zero-order valence-electron chi connectivity index (χ0n) is 30.0. The minimum Gasteiger partial charge on any atom is -0.374 e. The Balaban J connectivity index is 1.37. The highest BCUT2D eigenvalue weighted by molar-refractivity contribution is 5.16. The van der Waals surface area contributed by atoms with Crippen molar-refractivity contribution < 1.29 is 33.9 Å². The molecule has 0 amide bonds. The summed E-state index contributed by atoms with van der Waals surface area (Å²) in [7, 11) is 0. The molecule has 4 aromatic carbocycles. The molecule has 1 saturated heterocycles. The normalized spacial score (nSPS) is 27.7. The van der Waals surface area contributed by atoms with Gasteiger partial charge in [-0.15, -0.1) is 0 Å². The molecule has 0 radical (unpaired) electrons. The van der Waals surface area contributed by atoms with Crippen molar-refractivity contribution in [1.29, 1.82) is 0 Å². The molecule has 6 rings (SSSR count). The Morgan fingerprint density at radius 3 is 1.46 bits per heavy atom. The maximum Gasteiger partial charge on any atom is 0.187 e. The molecule has 5 unspecified atom stereocenters. The molecule has 4 aromatic rings. The van der Waals surface area contributed by atoms with Gasteiger partial charge in [-0.2, -0.15) is 0 Å². The molecular weight excluding hydrogens is 576 g/mol. The molecule has 6 nitrogen and oxygen atoms in total. The maximum atomic E-state index is 9.12. The summed E-state index contributed by atoms with van der Waals surface area (Å²) in [5, 5.41) is 0. The van der Waals surface area contributed by atoms with Crippen molar-refractivity contribution >= 4 is 0 Å². The Morgan fingerprint density at radius 2 is 0.957 bits per heavy atom. The molecule has 1 heterocycles. The van der Waals surface area contributed by atoms with E-state index in [-0.39, 0.29) is 12.7 Å². The third-order valence-electron chi connectivity index (χ3n) is 8.23. The van der Waals surface area contributed by atoms with E-state index in [0.29, 0.717) is 22.3 Å². The van der Waals surface area contributed by atoms with Crippen LogP contribution in [0.1, 0.15) is 59.8 Å². The summed E-state index contributed by atoms with van der Waals surface area (Å²) >= 11 is 0. The number of hydrogen-bond acceptors (Lipinski definition) is 6. The molecule has 1 saturated carbocycles. The number of ether oxygens (including phenoxy) is 6. The van der Waals surface area contributed by atoms with Crippen LogP contribution >= 0.6 is 0 Å². The first-order chi connectivity index (χ1) is 24.5. The van der Waals surface area contributed by atoms with Gasteiger partial charge in [0.05, 0.1) is 44.5 Å². The number of hydrogen-bond donors (Lipinski definition) is 0. The van der Waals surface area contributed by atoms with Crippen LogP contribution in [0.4, 0.5) is 0 Å². The van der Waals surface area contributed by atoms with Crippen LogP contribution in [0.2, 0.25) is 0 Å². The zero-order valence-corrected chi connectivity index (χ0v) is 26.0. The molecule has 0 aromatic heterocycles. The fraction of sp³-hybridized carbons (Fsp3) is 0.400. The van der Waals surface area contributed by atoms with Crippen LogP contribution in [-0.4, -0.2) is 43.4 Å². The van der Waals surface area contributed by atoms with Crippen LogP contribution in [-0.2, 0) is 54.8 Å². The molecule has 6 heteroatoms. The third-order valence-corrected chi connectivity index (χ3v) is 8.23. The van der Waals surface area contributed by atoms with Gasteiger partial charge in [-0.1, -0.05) is 141 Å². The highest BCUT2D eigenvalue weighted by atomic mass is 16.7. The summed E-state index contributed by atoms with van der Waals surface area (Å²) in [6.07, 6.45) is -0.0864. The van der Waals surface area contributed by atoms with E-state index >= 15 is 0 Å². The molecule has 1 aliphatic carbocycles. The van der Waals surface area contributed by atoms with Crippen molar-refractivity contribution in [3.8, 4) is 0 Å². The summed E-state index contributed by atoms with van der Waals surface area (Å²) in [6, 6.07) is 36.9. The molecule has 9 atom stereocenters. The zero-order chi connectivity index (χ0) is 34.7. The third kappa shape index (κ3) is 9.58. The van der Waals surface area contributed by atoms with Gasteiger partial charge in [0, 0.05) is 0 Å². The van der Waals surface area contributed by atoms with Crippen molar-refractivity contribution in [2.75, 3.05) is 6.61 Å². The Bertz CT molecular complexity index is 1530. The fourth-order valence-electron chi connectivity index (χ4n) is 5.81. The van der Waals surface area contributed by atoms with Crippen molar-refractivity contribution in [1.82, 2.24) is 0 Å². The van der Waals surface area contributed by atoms with Gasteiger partial charge in [0.2, 0.25) is 0 Å². The van der Waals surface area contributed by atoms with Crippen molar-refractivity contribution in [2.45, 2.75) is 95.2 Å². The minimum absolute atomic E-state index is 0.0800. The van der Waals surface area contributed by atoms with Crippen LogP contribution in [0.25, 0.3) is 0 Å². The predicted molar refractivity (Wildman–Crippen MR) is 178 cm³/mol. The van der Waals surface area contributed by atoms with Crippen molar-refractivity contribution in [2.24, 2.45) is 0 Å². The van der Waals surface area contributed by atoms with E-state index in [4.69, 9.17) is 33.9 Å². The lowest BCUT2D eigenvalue weighted by atomic mass is 9.96. The SMILES string of the molecule is [2H]C(OC[C@H]1OC(OC2CCCCC2)[C@H](OC([2H])c2ccccc2)[C@@H](OC([2H])c2ccccc2)[C@H]1OC([2H])c1ccccc1)c1ccccc1. The Morgan fingerprint density at radius 1 is 0.522 bits per heavy atom. The Kier molecular flexibility index (Phi) is 10.6. The topological polar surface area (TPSA) is 55.4 Å². The largest absolute Gasteiger partial charge is 0.374 e. The molecular formula is C40H46O6. The monoisotopic (exact) mass is 626 g/mol. The lowest BCUT2D eigenvalue weighted by molar-refractivity contribution is -0.337. The summed E-state index contributed by atoms with van der Waals surface area (Å²) in [5.41, 5.74) is 2.57. The second kappa shape index (κ2) is 17.5. The van der Waals surface area contributed by atoms with Gasteiger partial charge in [0.1, 0.15) is 24.4 Å². The smallest absolute Gasteiger partial charge is 0.187 e. The van der Waals surface area contributed by atoms with Crippen LogP contribution in [0.15, 0.2) is 121 Å². The van der Waals surface area contributed by atoms with Crippen LogP contribution in [0, 0.1) is 0 Å². The molecule has 1 aliphatic heterocycles. The average molecular weight is 627 g/mol. The molecule has 46 heavy (non-hydrogen) atoms. The van der Waals surface area contributed by atoms with Gasteiger partial charge in [-0.3, -0.25) is 0 Å². The molecule has 0 spiro atoms. The highest BCUT2D eigenvalue weighted by Gasteiger charge is 2.49. The molecule has 2 aliphatic rings. The first kappa shape index (κ1) is 27.7. The fourth-order valence-corrected chi connectivity index (χ4v) is 5.81. The van der Waals surface area contributed by atoms with Crippen LogP contribution < -0.4 is 0 Å². The first-order valence-corrected chi connectivity index (χ1v) is 16.2. The predicted octanol–water partition coefficient (Wildman–Crippen LogP) is 8.03. The van der Waals surface area contributed by atoms with Gasteiger partial charge in [-0.25, -0.2) is 0 Å². The molecule has 0 bridgehead atoms. The lowest BCUT2D eigenvalue weighted by Gasteiger charge is -2.47. The van der Waals surface area contributed by atoms with Crippen molar-refractivity contribution in [3.63, 3.8) is 0 Å². The second-order valence-corrected chi connectivity index (χ2v) is 11.7. The molecule has 0 N–H and O–H groups in total. The van der Waals surface area contributed by atoms with Crippen LogP contribution in [0.3, 0.4) is 0 Å². The van der Waals surface area contributed by atoms with E-state index in [1.807, 2.05) is 121 Å². The quantitative estimate of drug-likeness (QED) is 0.133. The van der Waals surface area contributed by atoms with E-state index in [0.717, 1.165) is 32.1 Å². The number of benzene rings is 4. The van der Waals surface area contributed by atoms with E-state index in [9.17, 15) is 0 Å². The lowest BCUT2D eigenvalue weighted by Crippen LogP contribution is -2.62. The van der Waals surface area contributed by atoms with E-state index in [1.54, 1.807) is 0 Å². The van der Waals surface area contributed by atoms with Gasteiger partial charge in [0.15, 0.2) is 6.29 Å². The van der Waals surface area contributed by atoms with Gasteiger partial charge in [-0.05, 0) is 35.1 Å². The summed E-state index contributed by atoms with van der Waals surface area (Å²) in [4.78, 5) is 0. The standard InChI is InChI=1S/C40H46O6/c1-6-16-31(17-7-1)26-41-30-36-37(42-27-32-18-8-2-9-19-32)38(43-28-33-20-10-3-11-21-33)39(44-29-34-22-12-4-13-23-34)40(46-36)45-35-24-14-5-15-25-35/h1-4,6-13,16-23,35-40H,5,14-15,24-30H2/t36-,37+,38+,39-,40?/m1/s1/i26D,27D,28D,29D/t26?,27?,28?,29?,36-,37+,38+,39-,40?. The number of rotatable bonds is 15. The van der Waals surface area contributed by atoms with Gasteiger partial charge >= 0.3 is 0 Å². The van der Waals surface area contributed by atoms with Gasteiger partial charge in [0.25, 0.3) is 0 Å². The second-order valence-electron chi connectivity index (χ2n) is 11.7. The van der Waals surface area contributed by atoms with E-state index in [1.165, 1.54) is 0 Å². The van der Waals surface area contributed by atoms with Gasteiger partial charge < -0.3 is 28.4 Å². The maximum absolute atomic E-state index is 9.12. The first-order valence-electron chi connectivity index (χ1n) is 18.5. The average Bonchev–Trinajstić information content (AvgIpc) is 3.17. The summed E-state index contributed by atoms with van der Waals surface area (Å²) < 4.78 is 75.1. The summed E-state index contributed by atoms with van der Waals surface area (Å²) in [5.74, 6) is 0. The van der Waals surface area contributed by atoms with Crippen molar-refractivity contribution in [3.05, 3.63) is 144 Å². The molecule has 242 valence electrons. The summed E-state index contributed by atoms with van der Waals surface area (Å²) in [6.45, 7) is -4.50. The minimum atomic E-state index is -1.15. The Labute approximate surface area is 279 Å². The van der Waals surface area contributed by atoms with Crippen LogP contribution in [0.5, 0.6) is 0 Å². The van der Waals surface area contributed by atoms with E-state index < -0.39 is 57.0 Å². The highest BCUT2D eigenvalue weighted by Crippen LogP contribution is 2.34.